The van der Waals surface area contributed by atoms with Crippen molar-refractivity contribution in [3.8, 4) is 0 Å². The van der Waals surface area contributed by atoms with Crippen LogP contribution in [-0.2, 0) is 0 Å². The molecule has 18 heavy (non-hydrogen) atoms. The van der Waals surface area contributed by atoms with Gasteiger partial charge in [-0.1, -0.05) is 26.7 Å². The summed E-state index contributed by atoms with van der Waals surface area (Å²) in [5.41, 5.74) is 1.44. The molecule has 0 unspecified atom stereocenters. The lowest BCUT2D eigenvalue weighted by atomic mass is 10.2. The molecular formula is C14H23N3O. The highest BCUT2D eigenvalue weighted by atomic mass is 16.1. The van der Waals surface area contributed by atoms with Crippen molar-refractivity contribution < 1.29 is 4.79 Å². The molecule has 1 heterocycles. The number of nitrogens with one attached hydrogen (secondary N) is 2. The molecule has 100 valence electrons. The van der Waals surface area contributed by atoms with Crippen molar-refractivity contribution in [3.05, 3.63) is 24.0 Å². The number of carbonyl (C=O) groups excluding carboxylic acids is 1. The minimum absolute atomic E-state index is 0.103. The standard InChI is InChI=1S/C14H23N3O/c1-3-5-6-9-15-12-7-10-16-13(11-12)14(18)17-8-4-2/h7,10-11H,3-6,8-9H2,1-2H3,(H,15,16)(H,17,18). The van der Waals surface area contributed by atoms with Gasteiger partial charge in [-0.15, -0.1) is 0 Å². The van der Waals surface area contributed by atoms with E-state index in [1.807, 2.05) is 13.0 Å². The number of pyridine rings is 1. The highest BCUT2D eigenvalue weighted by Crippen LogP contribution is 2.08. The Hall–Kier alpha value is -1.58. The molecule has 2 N–H and O–H groups in total. The third-order valence-corrected chi connectivity index (χ3v) is 2.64. The van der Waals surface area contributed by atoms with Crippen LogP contribution < -0.4 is 10.6 Å². The molecule has 0 spiro atoms. The molecule has 0 atom stereocenters. The summed E-state index contributed by atoms with van der Waals surface area (Å²) in [5.74, 6) is -0.103. The predicted molar refractivity (Wildman–Crippen MR) is 74.9 cm³/mol. The van der Waals surface area contributed by atoms with Crippen LogP contribution in [0.4, 0.5) is 5.69 Å². The highest BCUT2D eigenvalue weighted by Gasteiger charge is 2.06. The Bertz CT molecular complexity index is 366. The molecule has 0 aliphatic heterocycles. The van der Waals surface area contributed by atoms with E-state index in [0.29, 0.717) is 12.2 Å². The molecule has 4 nitrogen and oxygen atoms in total. The van der Waals surface area contributed by atoms with Gasteiger partial charge < -0.3 is 10.6 Å². The van der Waals surface area contributed by atoms with Crippen molar-refractivity contribution in [1.29, 1.82) is 0 Å². The third kappa shape index (κ3) is 5.17. The Kier molecular flexibility index (Phi) is 6.84. The fraction of sp³-hybridized carbons (Fsp3) is 0.571. The van der Waals surface area contributed by atoms with E-state index in [1.54, 1.807) is 12.3 Å². The fourth-order valence-electron chi connectivity index (χ4n) is 1.60. The second-order valence-corrected chi connectivity index (χ2v) is 4.32. The van der Waals surface area contributed by atoms with Crippen LogP contribution >= 0.6 is 0 Å². The van der Waals surface area contributed by atoms with Crippen molar-refractivity contribution in [1.82, 2.24) is 10.3 Å². The van der Waals surface area contributed by atoms with Crippen LogP contribution in [0.2, 0.25) is 0 Å². The second kappa shape index (κ2) is 8.50. The van der Waals surface area contributed by atoms with Gasteiger partial charge in [0.2, 0.25) is 0 Å². The van der Waals surface area contributed by atoms with Gasteiger partial charge in [0.05, 0.1) is 0 Å². The zero-order valence-corrected chi connectivity index (χ0v) is 11.3. The molecule has 4 heteroatoms. The van der Waals surface area contributed by atoms with E-state index < -0.39 is 0 Å². The Balaban J connectivity index is 2.48. The smallest absolute Gasteiger partial charge is 0.269 e. The number of carbonyl (C=O) groups is 1. The lowest BCUT2D eigenvalue weighted by Gasteiger charge is -2.07. The average Bonchev–Trinajstić information content (AvgIpc) is 2.41. The van der Waals surface area contributed by atoms with Crippen LogP contribution in [0.5, 0.6) is 0 Å². The highest BCUT2D eigenvalue weighted by molar-refractivity contribution is 5.93. The monoisotopic (exact) mass is 249 g/mol. The van der Waals surface area contributed by atoms with Crippen molar-refractivity contribution in [2.75, 3.05) is 18.4 Å². The van der Waals surface area contributed by atoms with Gasteiger partial charge >= 0.3 is 0 Å². The quantitative estimate of drug-likeness (QED) is 0.697. The van der Waals surface area contributed by atoms with E-state index in [2.05, 4.69) is 22.5 Å². The minimum Gasteiger partial charge on any atom is -0.385 e. The Morgan fingerprint density at radius 1 is 1.22 bits per heavy atom. The van der Waals surface area contributed by atoms with E-state index in [1.165, 1.54) is 12.8 Å². The molecule has 1 rings (SSSR count). The third-order valence-electron chi connectivity index (χ3n) is 2.64. The van der Waals surface area contributed by atoms with Gasteiger partial charge in [0, 0.05) is 25.0 Å². The Labute approximate surface area is 109 Å². The van der Waals surface area contributed by atoms with Gasteiger partial charge in [0.1, 0.15) is 5.69 Å². The van der Waals surface area contributed by atoms with Crippen molar-refractivity contribution in [3.63, 3.8) is 0 Å². The summed E-state index contributed by atoms with van der Waals surface area (Å²) in [4.78, 5) is 15.8. The van der Waals surface area contributed by atoms with E-state index in [4.69, 9.17) is 0 Å². The first-order valence-electron chi connectivity index (χ1n) is 6.76. The van der Waals surface area contributed by atoms with Crippen LogP contribution in [0.15, 0.2) is 18.3 Å². The molecule has 0 aromatic carbocycles. The lowest BCUT2D eigenvalue weighted by molar-refractivity contribution is 0.0949. The van der Waals surface area contributed by atoms with Gasteiger partial charge in [-0.25, -0.2) is 0 Å². The first-order chi connectivity index (χ1) is 8.77. The number of rotatable bonds is 8. The average molecular weight is 249 g/mol. The zero-order valence-electron chi connectivity index (χ0n) is 11.3. The Morgan fingerprint density at radius 3 is 2.78 bits per heavy atom. The van der Waals surface area contributed by atoms with Gasteiger partial charge in [0.25, 0.3) is 5.91 Å². The fourth-order valence-corrected chi connectivity index (χ4v) is 1.60. The maximum absolute atomic E-state index is 11.7. The summed E-state index contributed by atoms with van der Waals surface area (Å²) >= 11 is 0. The summed E-state index contributed by atoms with van der Waals surface area (Å²) in [6, 6.07) is 3.69. The molecule has 0 aliphatic carbocycles. The molecular weight excluding hydrogens is 226 g/mol. The number of amides is 1. The van der Waals surface area contributed by atoms with Crippen molar-refractivity contribution in [2.24, 2.45) is 0 Å². The number of unbranched alkanes of at least 4 members (excludes halogenated alkanes) is 2. The van der Waals surface area contributed by atoms with Crippen molar-refractivity contribution in [2.45, 2.75) is 39.5 Å². The first kappa shape index (κ1) is 14.5. The SMILES string of the molecule is CCCCCNc1ccnc(C(=O)NCCC)c1. The molecule has 0 fully saturated rings. The van der Waals surface area contributed by atoms with Crippen LogP contribution in [0.3, 0.4) is 0 Å². The Morgan fingerprint density at radius 2 is 2.06 bits per heavy atom. The summed E-state index contributed by atoms with van der Waals surface area (Å²) in [7, 11) is 0. The zero-order chi connectivity index (χ0) is 13.2. The van der Waals surface area contributed by atoms with Gasteiger partial charge in [0.15, 0.2) is 0 Å². The molecule has 0 aliphatic rings. The molecule has 0 saturated carbocycles. The van der Waals surface area contributed by atoms with E-state index >= 15 is 0 Å². The predicted octanol–water partition coefficient (Wildman–Crippen LogP) is 2.82. The maximum Gasteiger partial charge on any atom is 0.269 e. The molecule has 0 radical (unpaired) electrons. The molecule has 0 saturated heterocycles. The summed E-state index contributed by atoms with van der Waals surface area (Å²) in [6.07, 6.45) is 6.19. The van der Waals surface area contributed by atoms with Gasteiger partial charge in [-0.2, -0.15) is 0 Å². The number of aromatic nitrogens is 1. The second-order valence-electron chi connectivity index (χ2n) is 4.32. The lowest BCUT2D eigenvalue weighted by Crippen LogP contribution is -2.25. The van der Waals surface area contributed by atoms with E-state index in [0.717, 1.165) is 25.1 Å². The number of hydrogen-bond acceptors (Lipinski definition) is 3. The first-order valence-corrected chi connectivity index (χ1v) is 6.76. The van der Waals surface area contributed by atoms with Gasteiger partial charge in [-0.05, 0) is 25.0 Å². The molecule has 1 aromatic heterocycles. The van der Waals surface area contributed by atoms with E-state index in [-0.39, 0.29) is 5.91 Å². The largest absolute Gasteiger partial charge is 0.385 e. The minimum atomic E-state index is -0.103. The summed E-state index contributed by atoms with van der Waals surface area (Å²) in [6.45, 7) is 5.84. The molecule has 1 aromatic rings. The summed E-state index contributed by atoms with van der Waals surface area (Å²) in [5, 5.41) is 6.13. The van der Waals surface area contributed by atoms with Gasteiger partial charge in [-0.3, -0.25) is 9.78 Å². The van der Waals surface area contributed by atoms with Crippen LogP contribution in [0, 0.1) is 0 Å². The normalized spacial score (nSPS) is 10.1. The topological polar surface area (TPSA) is 54.0 Å². The summed E-state index contributed by atoms with van der Waals surface area (Å²) < 4.78 is 0. The number of anilines is 1. The maximum atomic E-state index is 11.7. The molecule has 1 amide bonds. The van der Waals surface area contributed by atoms with Crippen LogP contribution in [-0.4, -0.2) is 24.0 Å². The van der Waals surface area contributed by atoms with E-state index in [9.17, 15) is 4.79 Å². The number of nitrogens with zero attached hydrogens (tertiary/aromatic N) is 1. The van der Waals surface area contributed by atoms with Crippen LogP contribution in [0.25, 0.3) is 0 Å². The number of hydrogen-bond donors (Lipinski definition) is 2. The van der Waals surface area contributed by atoms with Crippen LogP contribution in [0.1, 0.15) is 50.0 Å². The van der Waals surface area contributed by atoms with Crippen molar-refractivity contribution >= 4 is 11.6 Å². The molecule has 0 bridgehead atoms.